The van der Waals surface area contributed by atoms with E-state index in [9.17, 15) is 4.79 Å². The van der Waals surface area contributed by atoms with Gasteiger partial charge in [0.2, 0.25) is 0 Å². The molecule has 3 nitrogen and oxygen atoms in total. The van der Waals surface area contributed by atoms with E-state index < -0.39 is 0 Å². The van der Waals surface area contributed by atoms with Crippen LogP contribution in [0.5, 0.6) is 0 Å². The molecule has 0 aliphatic rings. The van der Waals surface area contributed by atoms with E-state index in [1.165, 1.54) is 11.3 Å². The third kappa shape index (κ3) is 3.16. The number of aliphatic hydroxyl groups is 1. The summed E-state index contributed by atoms with van der Waals surface area (Å²) in [7, 11) is 0. The van der Waals surface area contributed by atoms with Crippen LogP contribution in [0.25, 0.3) is 0 Å². The number of hydrogen-bond donors (Lipinski definition) is 2. The van der Waals surface area contributed by atoms with Crippen molar-refractivity contribution >= 4 is 17.2 Å². The summed E-state index contributed by atoms with van der Waals surface area (Å²) in [6.45, 7) is 2.51. The van der Waals surface area contributed by atoms with Gasteiger partial charge in [-0.05, 0) is 17.4 Å². The number of nitrogens with one attached hydrogen (secondary N) is 1. The summed E-state index contributed by atoms with van der Waals surface area (Å²) in [6.07, 6.45) is 0. The van der Waals surface area contributed by atoms with Crippen molar-refractivity contribution in [2.24, 2.45) is 5.92 Å². The molecule has 0 saturated heterocycles. The molecule has 0 spiro atoms. The Morgan fingerprint density at radius 2 is 2.54 bits per heavy atom. The second-order valence-corrected chi connectivity index (χ2v) is 3.92. The monoisotopic (exact) mass is 199 g/mol. The fourth-order valence-electron chi connectivity index (χ4n) is 0.826. The molecule has 0 aliphatic heterocycles. The fraction of sp³-hybridized carbons (Fsp3) is 0.444. The third-order valence-electron chi connectivity index (χ3n) is 1.67. The number of thiophene rings is 1. The van der Waals surface area contributed by atoms with Crippen LogP contribution in [-0.2, 0) is 0 Å². The molecule has 1 unspecified atom stereocenters. The maximum absolute atomic E-state index is 11.3. The molecule has 2 N–H and O–H groups in total. The van der Waals surface area contributed by atoms with Crippen LogP contribution in [-0.4, -0.2) is 24.2 Å². The lowest BCUT2D eigenvalue weighted by Gasteiger charge is -2.08. The van der Waals surface area contributed by atoms with Crippen LogP contribution in [0.15, 0.2) is 17.5 Å². The maximum Gasteiger partial charge on any atom is 0.261 e. The molecule has 1 aromatic rings. The zero-order chi connectivity index (χ0) is 9.68. The van der Waals surface area contributed by atoms with Crippen LogP contribution >= 0.6 is 11.3 Å². The van der Waals surface area contributed by atoms with Gasteiger partial charge in [0, 0.05) is 13.2 Å². The molecule has 1 aromatic heterocycles. The standard InChI is InChI=1S/C9H13NO2S/c1-7(6-11)5-10-9(12)8-3-2-4-13-8/h2-4,7,11H,5-6H2,1H3,(H,10,12). The van der Waals surface area contributed by atoms with Gasteiger partial charge in [-0.15, -0.1) is 11.3 Å². The zero-order valence-electron chi connectivity index (χ0n) is 7.49. The molecule has 0 saturated carbocycles. The topological polar surface area (TPSA) is 49.3 Å². The lowest BCUT2D eigenvalue weighted by atomic mass is 10.2. The fourth-order valence-corrected chi connectivity index (χ4v) is 1.47. The summed E-state index contributed by atoms with van der Waals surface area (Å²) in [6, 6.07) is 3.62. The van der Waals surface area contributed by atoms with Crippen molar-refractivity contribution in [1.82, 2.24) is 5.32 Å². The van der Waals surface area contributed by atoms with E-state index in [0.717, 1.165) is 0 Å². The number of carbonyl (C=O) groups is 1. The van der Waals surface area contributed by atoms with Crippen molar-refractivity contribution in [2.45, 2.75) is 6.92 Å². The van der Waals surface area contributed by atoms with Crippen molar-refractivity contribution in [2.75, 3.05) is 13.2 Å². The highest BCUT2D eigenvalue weighted by molar-refractivity contribution is 7.12. The summed E-state index contributed by atoms with van der Waals surface area (Å²) in [5.74, 6) is 0.0548. The van der Waals surface area contributed by atoms with Crippen molar-refractivity contribution in [3.05, 3.63) is 22.4 Å². The highest BCUT2D eigenvalue weighted by Crippen LogP contribution is 2.07. The largest absolute Gasteiger partial charge is 0.396 e. The molecule has 0 aromatic carbocycles. The molecule has 0 fully saturated rings. The van der Waals surface area contributed by atoms with E-state index in [1.54, 1.807) is 6.07 Å². The summed E-state index contributed by atoms with van der Waals surface area (Å²) in [5, 5.41) is 13.3. The molecule has 4 heteroatoms. The van der Waals surface area contributed by atoms with Crippen molar-refractivity contribution in [1.29, 1.82) is 0 Å². The van der Waals surface area contributed by atoms with E-state index in [4.69, 9.17) is 5.11 Å². The van der Waals surface area contributed by atoms with E-state index in [1.807, 2.05) is 18.4 Å². The Bertz CT molecular complexity index is 259. The quantitative estimate of drug-likeness (QED) is 0.763. The molecule has 1 rings (SSSR count). The normalized spacial score (nSPS) is 12.5. The Morgan fingerprint density at radius 3 is 3.08 bits per heavy atom. The van der Waals surface area contributed by atoms with Gasteiger partial charge >= 0.3 is 0 Å². The predicted molar refractivity (Wildman–Crippen MR) is 52.9 cm³/mol. The number of aliphatic hydroxyl groups excluding tert-OH is 1. The van der Waals surface area contributed by atoms with E-state index >= 15 is 0 Å². The molecular weight excluding hydrogens is 186 g/mol. The summed E-state index contributed by atoms with van der Waals surface area (Å²) >= 11 is 1.42. The highest BCUT2D eigenvalue weighted by atomic mass is 32.1. The van der Waals surface area contributed by atoms with Crippen LogP contribution in [0, 0.1) is 5.92 Å². The van der Waals surface area contributed by atoms with Gasteiger partial charge in [0.25, 0.3) is 5.91 Å². The molecule has 1 amide bonds. The number of rotatable bonds is 4. The second-order valence-electron chi connectivity index (χ2n) is 2.98. The maximum atomic E-state index is 11.3. The van der Waals surface area contributed by atoms with Gasteiger partial charge in [0.05, 0.1) is 4.88 Å². The van der Waals surface area contributed by atoms with Gasteiger partial charge in [0.15, 0.2) is 0 Å². The van der Waals surface area contributed by atoms with E-state index in [-0.39, 0.29) is 18.4 Å². The van der Waals surface area contributed by atoms with Gasteiger partial charge in [-0.1, -0.05) is 13.0 Å². The Hall–Kier alpha value is -0.870. The van der Waals surface area contributed by atoms with Gasteiger partial charge in [-0.25, -0.2) is 0 Å². The minimum atomic E-state index is -0.0599. The van der Waals surface area contributed by atoms with Crippen LogP contribution in [0.2, 0.25) is 0 Å². The van der Waals surface area contributed by atoms with Crippen molar-refractivity contribution in [3.63, 3.8) is 0 Å². The highest BCUT2D eigenvalue weighted by Gasteiger charge is 2.07. The molecule has 72 valence electrons. The molecule has 0 aliphatic carbocycles. The minimum Gasteiger partial charge on any atom is -0.396 e. The zero-order valence-corrected chi connectivity index (χ0v) is 8.30. The average Bonchev–Trinajstić information content (AvgIpc) is 2.66. The summed E-state index contributed by atoms with van der Waals surface area (Å²) in [4.78, 5) is 12.1. The predicted octanol–water partition coefficient (Wildman–Crippen LogP) is 1.11. The molecule has 1 heterocycles. The van der Waals surface area contributed by atoms with Gasteiger partial charge in [0.1, 0.15) is 0 Å². The average molecular weight is 199 g/mol. The lowest BCUT2D eigenvalue weighted by molar-refractivity contribution is 0.0946. The molecule has 13 heavy (non-hydrogen) atoms. The lowest BCUT2D eigenvalue weighted by Crippen LogP contribution is -2.28. The summed E-state index contributed by atoms with van der Waals surface area (Å²) < 4.78 is 0. The Morgan fingerprint density at radius 1 is 1.77 bits per heavy atom. The Balaban J connectivity index is 2.35. The number of hydrogen-bond acceptors (Lipinski definition) is 3. The first-order valence-corrected chi connectivity index (χ1v) is 5.04. The third-order valence-corrected chi connectivity index (χ3v) is 2.54. The van der Waals surface area contributed by atoms with Crippen molar-refractivity contribution < 1.29 is 9.90 Å². The van der Waals surface area contributed by atoms with Crippen LogP contribution in [0.1, 0.15) is 16.6 Å². The first-order chi connectivity index (χ1) is 6.24. The van der Waals surface area contributed by atoms with Crippen LogP contribution in [0.3, 0.4) is 0 Å². The van der Waals surface area contributed by atoms with Gasteiger partial charge < -0.3 is 10.4 Å². The van der Waals surface area contributed by atoms with Crippen LogP contribution < -0.4 is 5.32 Å². The Labute approximate surface area is 81.4 Å². The molecule has 0 radical (unpaired) electrons. The molecule has 1 atom stereocenters. The first kappa shape index (κ1) is 10.2. The first-order valence-electron chi connectivity index (χ1n) is 4.16. The van der Waals surface area contributed by atoms with E-state index in [2.05, 4.69) is 5.32 Å². The second kappa shape index (κ2) is 4.99. The minimum absolute atomic E-state index is 0.0599. The van der Waals surface area contributed by atoms with Gasteiger partial charge in [-0.2, -0.15) is 0 Å². The molecule has 0 bridgehead atoms. The number of amides is 1. The SMILES string of the molecule is CC(CO)CNC(=O)c1cccs1. The molecular formula is C9H13NO2S. The van der Waals surface area contributed by atoms with E-state index in [0.29, 0.717) is 11.4 Å². The van der Waals surface area contributed by atoms with Crippen LogP contribution in [0.4, 0.5) is 0 Å². The smallest absolute Gasteiger partial charge is 0.261 e. The van der Waals surface area contributed by atoms with Crippen molar-refractivity contribution in [3.8, 4) is 0 Å². The summed E-state index contributed by atoms with van der Waals surface area (Å²) in [5.41, 5.74) is 0. The number of carbonyl (C=O) groups excluding carboxylic acids is 1. The Kier molecular flexibility index (Phi) is 3.92. The van der Waals surface area contributed by atoms with Gasteiger partial charge in [-0.3, -0.25) is 4.79 Å².